The van der Waals surface area contributed by atoms with Crippen molar-refractivity contribution in [1.82, 2.24) is 14.9 Å². The van der Waals surface area contributed by atoms with Crippen LogP contribution < -0.4 is 0 Å². The average molecular weight is 307 g/mol. The number of hydrogen-bond donors (Lipinski definition) is 2. The third-order valence-electron chi connectivity index (χ3n) is 4.69. The van der Waals surface area contributed by atoms with Crippen LogP contribution in [0.4, 0.5) is 0 Å². The Morgan fingerprint density at radius 1 is 1.09 bits per heavy atom. The number of nitrogens with one attached hydrogen (secondary N) is 1. The van der Waals surface area contributed by atoms with Crippen molar-refractivity contribution in [2.45, 2.75) is 25.5 Å². The Bertz CT molecular complexity index is 786. The molecule has 4 nitrogen and oxygen atoms in total. The van der Waals surface area contributed by atoms with Crippen molar-refractivity contribution in [2.75, 3.05) is 13.1 Å². The van der Waals surface area contributed by atoms with Gasteiger partial charge in [0.1, 0.15) is 5.65 Å². The Kier molecular flexibility index (Phi) is 3.85. The van der Waals surface area contributed by atoms with Gasteiger partial charge in [-0.3, -0.25) is 4.90 Å². The number of aromatic amines is 1. The second-order valence-electron chi connectivity index (χ2n) is 6.30. The predicted molar refractivity (Wildman–Crippen MR) is 92.0 cm³/mol. The first-order valence-corrected chi connectivity index (χ1v) is 8.21. The smallest absolute Gasteiger partial charge is 0.137 e. The first-order valence-electron chi connectivity index (χ1n) is 8.21. The van der Waals surface area contributed by atoms with Gasteiger partial charge >= 0.3 is 0 Å². The first-order chi connectivity index (χ1) is 11.3. The highest BCUT2D eigenvalue weighted by Gasteiger charge is 2.16. The van der Waals surface area contributed by atoms with Crippen molar-refractivity contribution in [2.24, 2.45) is 0 Å². The Balaban J connectivity index is 1.53. The molecule has 23 heavy (non-hydrogen) atoms. The van der Waals surface area contributed by atoms with Crippen LogP contribution in [-0.2, 0) is 6.54 Å². The SMILES string of the molecule is OC1CCN(Cc2ccc(-c3ccnc4[nH]ccc34)cc2)CC1. The maximum atomic E-state index is 9.59. The Morgan fingerprint density at radius 3 is 2.65 bits per heavy atom. The summed E-state index contributed by atoms with van der Waals surface area (Å²) in [6.45, 7) is 2.93. The molecule has 0 atom stereocenters. The zero-order valence-corrected chi connectivity index (χ0v) is 13.1. The summed E-state index contributed by atoms with van der Waals surface area (Å²) < 4.78 is 0. The normalized spacial score (nSPS) is 16.9. The minimum atomic E-state index is -0.107. The lowest BCUT2D eigenvalue weighted by Gasteiger charge is -2.29. The standard InChI is InChI=1S/C19H21N3O/c23-16-7-11-22(12-8-16)13-14-1-3-15(4-2-14)17-5-9-20-19-18(17)6-10-21-19/h1-6,9-10,16,23H,7-8,11-13H2,(H,20,21). The van der Waals surface area contributed by atoms with Gasteiger partial charge in [0.15, 0.2) is 0 Å². The fraction of sp³-hybridized carbons (Fsp3) is 0.316. The monoisotopic (exact) mass is 307 g/mol. The average Bonchev–Trinajstić information content (AvgIpc) is 3.06. The van der Waals surface area contributed by atoms with Gasteiger partial charge in [-0.15, -0.1) is 0 Å². The number of aliphatic hydroxyl groups excluding tert-OH is 1. The van der Waals surface area contributed by atoms with Crippen molar-refractivity contribution in [3.63, 3.8) is 0 Å². The van der Waals surface area contributed by atoms with Crippen molar-refractivity contribution in [3.05, 3.63) is 54.4 Å². The number of hydrogen-bond acceptors (Lipinski definition) is 3. The molecule has 0 radical (unpaired) electrons. The molecule has 1 fully saturated rings. The van der Waals surface area contributed by atoms with E-state index in [1.165, 1.54) is 16.7 Å². The molecule has 2 aromatic heterocycles. The molecule has 2 N–H and O–H groups in total. The number of aromatic nitrogens is 2. The lowest BCUT2D eigenvalue weighted by atomic mass is 10.0. The number of rotatable bonds is 3. The number of fused-ring (bicyclic) bond motifs is 1. The molecule has 0 amide bonds. The van der Waals surface area contributed by atoms with Crippen molar-refractivity contribution >= 4 is 11.0 Å². The van der Waals surface area contributed by atoms with Crippen molar-refractivity contribution < 1.29 is 5.11 Å². The van der Waals surface area contributed by atoms with Gasteiger partial charge in [0, 0.05) is 37.4 Å². The second-order valence-corrected chi connectivity index (χ2v) is 6.30. The number of piperidine rings is 1. The van der Waals surface area contributed by atoms with E-state index in [4.69, 9.17) is 0 Å². The Morgan fingerprint density at radius 2 is 1.87 bits per heavy atom. The third kappa shape index (κ3) is 3.00. The summed E-state index contributed by atoms with van der Waals surface area (Å²) in [5.41, 5.74) is 4.68. The molecule has 0 aliphatic carbocycles. The van der Waals surface area contributed by atoms with Crippen LogP contribution in [0.3, 0.4) is 0 Å². The van der Waals surface area contributed by atoms with Gasteiger partial charge in [-0.2, -0.15) is 0 Å². The van der Waals surface area contributed by atoms with Crippen LogP contribution in [0, 0.1) is 0 Å². The maximum Gasteiger partial charge on any atom is 0.137 e. The van der Waals surface area contributed by atoms with E-state index < -0.39 is 0 Å². The van der Waals surface area contributed by atoms with Crippen LogP contribution in [0.1, 0.15) is 18.4 Å². The van der Waals surface area contributed by atoms with Crippen LogP contribution in [0.25, 0.3) is 22.2 Å². The minimum absolute atomic E-state index is 0.107. The van der Waals surface area contributed by atoms with Crippen LogP contribution in [0.5, 0.6) is 0 Å². The number of pyridine rings is 1. The number of H-pyrrole nitrogens is 1. The molecule has 1 saturated heterocycles. The molecule has 4 heteroatoms. The van der Waals surface area contributed by atoms with Gasteiger partial charge < -0.3 is 10.1 Å². The molecular weight excluding hydrogens is 286 g/mol. The van der Waals surface area contributed by atoms with Crippen molar-refractivity contribution in [1.29, 1.82) is 0 Å². The van der Waals surface area contributed by atoms with E-state index >= 15 is 0 Å². The summed E-state index contributed by atoms with van der Waals surface area (Å²) in [6, 6.07) is 12.9. The maximum absolute atomic E-state index is 9.59. The van der Waals surface area contributed by atoms with Crippen molar-refractivity contribution in [3.8, 4) is 11.1 Å². The van der Waals surface area contributed by atoms with Gasteiger partial charge in [0.25, 0.3) is 0 Å². The van der Waals surface area contributed by atoms with Crippen LogP contribution >= 0.6 is 0 Å². The molecule has 1 aliphatic rings. The number of benzene rings is 1. The van der Waals surface area contributed by atoms with E-state index in [1.54, 1.807) is 0 Å². The molecule has 0 spiro atoms. The minimum Gasteiger partial charge on any atom is -0.393 e. The van der Waals surface area contributed by atoms with E-state index in [2.05, 4.69) is 51.3 Å². The Labute approximate surface area is 135 Å². The molecule has 3 aromatic rings. The molecule has 3 heterocycles. The molecule has 4 rings (SSSR count). The highest BCUT2D eigenvalue weighted by atomic mass is 16.3. The van der Waals surface area contributed by atoms with Gasteiger partial charge in [0.2, 0.25) is 0 Å². The fourth-order valence-corrected chi connectivity index (χ4v) is 3.34. The quantitative estimate of drug-likeness (QED) is 0.781. The van der Waals surface area contributed by atoms with Gasteiger partial charge in [-0.1, -0.05) is 24.3 Å². The van der Waals surface area contributed by atoms with Crippen LogP contribution in [0.15, 0.2) is 48.8 Å². The summed E-state index contributed by atoms with van der Waals surface area (Å²) in [4.78, 5) is 9.92. The predicted octanol–water partition coefficient (Wildman–Crippen LogP) is 3.19. The number of nitrogens with zero attached hydrogens (tertiary/aromatic N) is 2. The van der Waals surface area contributed by atoms with E-state index in [-0.39, 0.29) is 6.10 Å². The first kappa shape index (κ1) is 14.4. The fourth-order valence-electron chi connectivity index (χ4n) is 3.34. The molecule has 1 aromatic carbocycles. The van der Waals surface area contributed by atoms with Gasteiger partial charge in [-0.05, 0) is 41.7 Å². The molecule has 1 aliphatic heterocycles. The largest absolute Gasteiger partial charge is 0.393 e. The van der Waals surface area contributed by atoms with Gasteiger partial charge in [0.05, 0.1) is 6.10 Å². The van der Waals surface area contributed by atoms with Gasteiger partial charge in [-0.25, -0.2) is 4.98 Å². The van der Waals surface area contributed by atoms with E-state index in [0.717, 1.165) is 43.5 Å². The van der Waals surface area contributed by atoms with E-state index in [1.807, 2.05) is 12.4 Å². The summed E-state index contributed by atoms with van der Waals surface area (Å²) in [7, 11) is 0. The third-order valence-corrected chi connectivity index (χ3v) is 4.69. The number of aliphatic hydroxyl groups is 1. The van der Waals surface area contributed by atoms with E-state index in [0.29, 0.717) is 0 Å². The molecular formula is C19H21N3O. The summed E-state index contributed by atoms with van der Waals surface area (Å²) in [6.07, 6.45) is 5.45. The summed E-state index contributed by atoms with van der Waals surface area (Å²) >= 11 is 0. The highest BCUT2D eigenvalue weighted by Crippen LogP contribution is 2.27. The Hall–Kier alpha value is -2.17. The zero-order valence-electron chi connectivity index (χ0n) is 13.1. The second kappa shape index (κ2) is 6.14. The van der Waals surface area contributed by atoms with Crippen LogP contribution in [-0.4, -0.2) is 39.2 Å². The zero-order chi connectivity index (χ0) is 15.6. The molecule has 0 unspecified atom stereocenters. The summed E-state index contributed by atoms with van der Waals surface area (Å²) in [5.74, 6) is 0. The molecule has 118 valence electrons. The van der Waals surface area contributed by atoms with E-state index in [9.17, 15) is 5.11 Å². The molecule has 0 bridgehead atoms. The highest BCUT2D eigenvalue weighted by molar-refractivity contribution is 5.92. The van der Waals surface area contributed by atoms with Crippen LogP contribution in [0.2, 0.25) is 0 Å². The lowest BCUT2D eigenvalue weighted by molar-refractivity contribution is 0.0792. The summed E-state index contributed by atoms with van der Waals surface area (Å²) in [5, 5.41) is 10.7. The lowest BCUT2D eigenvalue weighted by Crippen LogP contribution is -2.35. The molecule has 0 saturated carbocycles. The number of likely N-dealkylation sites (tertiary alicyclic amines) is 1. The topological polar surface area (TPSA) is 52.1 Å².